The first-order valence-corrected chi connectivity index (χ1v) is 17.0. The summed E-state index contributed by atoms with van der Waals surface area (Å²) in [6.07, 6.45) is 8.44. The molecule has 5 nitrogen and oxygen atoms in total. The van der Waals surface area contributed by atoms with Gasteiger partial charge >= 0.3 is 0 Å². The number of rotatable bonds is 9. The molecule has 0 amide bonds. The van der Waals surface area contributed by atoms with Gasteiger partial charge in [-0.1, -0.05) is 109 Å². The molecule has 6 heteroatoms. The number of aryl methyl sites for hydroxylation is 3. The van der Waals surface area contributed by atoms with Crippen molar-refractivity contribution in [1.29, 1.82) is 0 Å². The van der Waals surface area contributed by atoms with E-state index in [2.05, 4.69) is 158 Å². The zero-order valence-electron chi connectivity index (χ0n) is 30.3. The van der Waals surface area contributed by atoms with Gasteiger partial charge in [-0.25, -0.2) is 0 Å². The van der Waals surface area contributed by atoms with Crippen LogP contribution in [0.15, 0.2) is 73.3 Å². The maximum Gasteiger partial charge on any atom is 0.0582 e. The van der Waals surface area contributed by atoms with Gasteiger partial charge in [0.05, 0.1) is 6.61 Å². The van der Waals surface area contributed by atoms with Gasteiger partial charge in [-0.05, 0) is 103 Å². The van der Waals surface area contributed by atoms with Gasteiger partial charge in [0.25, 0.3) is 0 Å². The molecule has 2 aliphatic rings. The third-order valence-corrected chi connectivity index (χ3v) is 8.78. The fourth-order valence-electron chi connectivity index (χ4n) is 6.59. The molecule has 0 saturated carbocycles. The zero-order valence-corrected chi connectivity index (χ0v) is 32.5. The van der Waals surface area contributed by atoms with Crippen LogP contribution in [0.3, 0.4) is 0 Å². The van der Waals surface area contributed by atoms with E-state index < -0.39 is 0 Å². The van der Waals surface area contributed by atoms with Crippen LogP contribution in [0.2, 0.25) is 0 Å². The van der Waals surface area contributed by atoms with Gasteiger partial charge in [0.1, 0.15) is 0 Å². The van der Waals surface area contributed by atoms with Crippen molar-refractivity contribution >= 4 is 17.1 Å². The van der Waals surface area contributed by atoms with Crippen LogP contribution in [-0.2, 0) is 22.4 Å². The fourth-order valence-corrected chi connectivity index (χ4v) is 6.59. The van der Waals surface area contributed by atoms with E-state index in [9.17, 15) is 0 Å². The Balaban J connectivity index is 0.000000284. The van der Waals surface area contributed by atoms with E-state index in [1.54, 1.807) is 0 Å². The summed E-state index contributed by atoms with van der Waals surface area (Å²) in [7, 11) is 0. The van der Waals surface area contributed by atoms with Crippen molar-refractivity contribution in [3.05, 3.63) is 126 Å². The summed E-state index contributed by atoms with van der Waals surface area (Å²) in [6, 6.07) is 17.9. The molecule has 0 unspecified atom stereocenters. The van der Waals surface area contributed by atoms with Gasteiger partial charge in [0.2, 0.25) is 0 Å². The first-order chi connectivity index (χ1) is 21.8. The number of benzene rings is 3. The van der Waals surface area contributed by atoms with E-state index in [1.807, 2.05) is 24.0 Å². The van der Waals surface area contributed by atoms with Crippen molar-refractivity contribution in [2.45, 2.75) is 99.8 Å². The van der Waals surface area contributed by atoms with Crippen LogP contribution in [0.4, 0.5) is 17.1 Å². The second-order valence-electron chi connectivity index (χ2n) is 13.9. The Morgan fingerprint density at radius 3 is 1.28 bits per heavy atom. The number of hydrogen-bond donors (Lipinski definition) is 1. The molecular weight excluding hydrogens is 761 g/mol. The Morgan fingerprint density at radius 2 is 0.915 bits per heavy atom. The molecule has 0 fully saturated rings. The topological polar surface area (TPSA) is 33.2 Å². The monoisotopic (exact) mass is 817 g/mol. The van der Waals surface area contributed by atoms with Crippen molar-refractivity contribution in [1.82, 2.24) is 4.90 Å². The molecule has 0 saturated heterocycles. The summed E-state index contributed by atoms with van der Waals surface area (Å²) in [5.41, 5.74) is 13.4. The zero-order chi connectivity index (χ0) is 33.7. The van der Waals surface area contributed by atoms with E-state index >= 15 is 0 Å². The van der Waals surface area contributed by atoms with Crippen LogP contribution in [0, 0.1) is 34.1 Å². The molecule has 2 heterocycles. The van der Waals surface area contributed by atoms with Crippen LogP contribution in [0.25, 0.3) is 0 Å². The molecule has 2 aliphatic heterocycles. The maximum atomic E-state index is 8.91. The van der Waals surface area contributed by atoms with Gasteiger partial charge in [-0.2, -0.15) is 6.67 Å². The minimum absolute atomic E-state index is 0. The van der Waals surface area contributed by atoms with E-state index in [0.29, 0.717) is 30.2 Å². The van der Waals surface area contributed by atoms with Gasteiger partial charge in [-0.15, -0.1) is 6.67 Å². The Bertz CT molecular complexity index is 1390. The molecular formula is C41H56AuN4O-2. The molecule has 1 N–H and O–H groups in total. The number of nitrogens with zero attached hydrogens (tertiary/aromatic N) is 4. The van der Waals surface area contributed by atoms with Crippen LogP contribution in [0.5, 0.6) is 0 Å². The van der Waals surface area contributed by atoms with Crippen molar-refractivity contribution in [3.8, 4) is 0 Å². The number of aliphatic hydroxyl groups is 1. The van der Waals surface area contributed by atoms with Crippen LogP contribution in [-0.4, -0.2) is 23.2 Å². The van der Waals surface area contributed by atoms with Crippen molar-refractivity contribution in [2.75, 3.05) is 27.9 Å². The second-order valence-corrected chi connectivity index (χ2v) is 13.9. The second kappa shape index (κ2) is 16.9. The van der Waals surface area contributed by atoms with Crippen LogP contribution >= 0.6 is 0 Å². The summed E-state index contributed by atoms with van der Waals surface area (Å²) in [6.45, 7) is 29.7. The molecule has 259 valence electrons. The molecule has 5 rings (SSSR count). The average Bonchev–Trinajstić information content (AvgIpc) is 3.66. The third kappa shape index (κ3) is 8.94. The largest absolute Gasteiger partial charge is 0.506 e. The normalized spacial score (nSPS) is 14.2. The Hall–Kier alpha value is -2.96. The van der Waals surface area contributed by atoms with E-state index in [4.69, 9.17) is 5.11 Å². The van der Waals surface area contributed by atoms with E-state index in [0.717, 1.165) is 0 Å². The number of anilines is 3. The van der Waals surface area contributed by atoms with Crippen molar-refractivity contribution in [2.24, 2.45) is 0 Å². The molecule has 3 aromatic rings. The van der Waals surface area contributed by atoms with Gasteiger partial charge in [0.15, 0.2) is 0 Å². The Labute approximate surface area is 301 Å². The Morgan fingerprint density at radius 1 is 0.553 bits per heavy atom. The minimum Gasteiger partial charge on any atom is -0.506 e. The van der Waals surface area contributed by atoms with Gasteiger partial charge < -0.3 is 24.7 Å². The number of para-hydroxylation sites is 2. The Kier molecular flexibility index (Phi) is 13.9. The summed E-state index contributed by atoms with van der Waals surface area (Å²) in [5.74, 6) is 1.92. The first kappa shape index (κ1) is 38.5. The number of hydrogen-bond acceptors (Lipinski definition) is 5. The standard InChI is InChI=1S/C27H37N2.C14H19N2O.Au/c1-18(2)22-11-9-12-23(19(3)4)26(22)28-15-16-29(17-28)27-24(20(5)6)13-10-14-25(27)21(7)8;1-11-8-12(2)14(13(3)9-11)16-5-4-15(10-16)6-7-17;/h9-21H,1-8H3;4-5,8-10,17H,6-7H2,1-3H3;/q2*-1;. The smallest absolute Gasteiger partial charge is 0.0582 e. The van der Waals surface area contributed by atoms with Crippen molar-refractivity contribution in [3.63, 3.8) is 0 Å². The van der Waals surface area contributed by atoms with Crippen LogP contribution < -0.4 is 14.7 Å². The third-order valence-electron chi connectivity index (χ3n) is 8.78. The molecule has 3 aromatic carbocycles. The number of β-amino-alcohol motifs (C(OH)–C–C–N with tert-alkyl or cyclic N) is 1. The quantitative estimate of drug-likeness (QED) is 0.172. The van der Waals surface area contributed by atoms with E-state index in [1.165, 1.54) is 56.0 Å². The molecule has 1 radical (unpaired) electrons. The molecule has 0 aliphatic carbocycles. The maximum absolute atomic E-state index is 8.91. The summed E-state index contributed by atoms with van der Waals surface area (Å²) in [4.78, 5) is 8.75. The number of aliphatic hydroxyl groups excluding tert-OH is 1. The summed E-state index contributed by atoms with van der Waals surface area (Å²) < 4.78 is 0. The fraction of sp³-hybridized carbons (Fsp3) is 0.415. The predicted octanol–water partition coefficient (Wildman–Crippen LogP) is 10.4. The van der Waals surface area contributed by atoms with Crippen LogP contribution in [0.1, 0.15) is 118 Å². The molecule has 0 spiro atoms. The molecule has 0 atom stereocenters. The van der Waals surface area contributed by atoms with Gasteiger partial charge in [-0.3, -0.25) is 0 Å². The minimum atomic E-state index is 0. The summed E-state index contributed by atoms with van der Waals surface area (Å²) >= 11 is 0. The van der Waals surface area contributed by atoms with E-state index in [-0.39, 0.29) is 29.0 Å². The summed E-state index contributed by atoms with van der Waals surface area (Å²) in [5, 5.41) is 8.91. The van der Waals surface area contributed by atoms with Crippen molar-refractivity contribution < 1.29 is 27.5 Å². The predicted molar refractivity (Wildman–Crippen MR) is 198 cm³/mol. The SMILES string of the molecule is CC(C)c1cccc(C(C)C)c1N1C=CN(c2c(C(C)C)cccc2C(C)C)[CH-]1.Cc1cc(C)c(N2C=CN(CCO)[CH-]2)c(C)c1.[Au]. The molecule has 0 bridgehead atoms. The first-order valence-electron chi connectivity index (χ1n) is 17.0. The molecule has 47 heavy (non-hydrogen) atoms. The van der Waals surface area contributed by atoms with Gasteiger partial charge in [0, 0.05) is 46.0 Å². The molecule has 0 aromatic heterocycles. The average molecular weight is 818 g/mol.